The molecule has 8 heteroatoms. The zero-order valence-corrected chi connectivity index (χ0v) is 10.0. The monoisotopic (exact) mass is 287 g/mol. The van der Waals surface area contributed by atoms with Gasteiger partial charge in [-0.25, -0.2) is 8.42 Å². The van der Waals surface area contributed by atoms with Crippen molar-refractivity contribution in [2.75, 3.05) is 17.7 Å². The van der Waals surface area contributed by atoms with Crippen molar-refractivity contribution in [3.63, 3.8) is 0 Å². The van der Waals surface area contributed by atoms with Gasteiger partial charge in [0, 0.05) is 12.4 Å². The highest BCUT2D eigenvalue weighted by Crippen LogP contribution is 2.33. The van der Waals surface area contributed by atoms with Gasteiger partial charge in [-0.15, -0.1) is 11.6 Å². The molecular weight excluding hydrogens is 279 g/mol. The summed E-state index contributed by atoms with van der Waals surface area (Å²) in [6.45, 7) is 0.173. The lowest BCUT2D eigenvalue weighted by Crippen LogP contribution is -2.24. The van der Waals surface area contributed by atoms with Gasteiger partial charge >= 0.3 is 5.51 Å². The summed E-state index contributed by atoms with van der Waals surface area (Å²) in [6.07, 6.45) is 0. The Kier molecular flexibility index (Phi) is 4.26. The summed E-state index contributed by atoms with van der Waals surface area (Å²) in [5, 5.41) is 2.53. The molecule has 0 saturated carbocycles. The van der Waals surface area contributed by atoms with Gasteiger partial charge in [-0.2, -0.15) is 13.2 Å². The van der Waals surface area contributed by atoms with Crippen molar-refractivity contribution in [3.8, 4) is 0 Å². The summed E-state index contributed by atoms with van der Waals surface area (Å²) < 4.78 is 59.6. The molecule has 0 heterocycles. The topological polar surface area (TPSA) is 46.2 Å². The maximum Gasteiger partial charge on any atom is 0.501 e. The van der Waals surface area contributed by atoms with Crippen molar-refractivity contribution in [2.45, 2.75) is 10.4 Å². The Hall–Kier alpha value is -0.950. The number of para-hydroxylation sites is 1. The van der Waals surface area contributed by atoms with Crippen LogP contribution in [-0.4, -0.2) is 26.4 Å². The van der Waals surface area contributed by atoms with Crippen molar-refractivity contribution in [3.05, 3.63) is 24.3 Å². The number of halogens is 4. The van der Waals surface area contributed by atoms with Crippen LogP contribution in [0.5, 0.6) is 0 Å². The third kappa shape index (κ3) is 3.04. The molecule has 1 rings (SSSR count). The fourth-order valence-electron chi connectivity index (χ4n) is 1.15. The maximum absolute atomic E-state index is 12.4. The van der Waals surface area contributed by atoms with Crippen molar-refractivity contribution in [1.29, 1.82) is 0 Å². The van der Waals surface area contributed by atoms with E-state index >= 15 is 0 Å². The molecule has 0 aromatic heterocycles. The smallest absolute Gasteiger partial charge is 0.383 e. The molecule has 3 nitrogen and oxygen atoms in total. The molecule has 0 aliphatic carbocycles. The van der Waals surface area contributed by atoms with E-state index in [4.69, 9.17) is 11.6 Å². The van der Waals surface area contributed by atoms with Crippen LogP contribution in [0.1, 0.15) is 0 Å². The lowest BCUT2D eigenvalue weighted by Gasteiger charge is -2.13. The van der Waals surface area contributed by atoms with Crippen LogP contribution >= 0.6 is 11.6 Å². The van der Waals surface area contributed by atoms with E-state index in [0.29, 0.717) is 0 Å². The number of hydrogen-bond donors (Lipinski definition) is 1. The number of hydrogen-bond acceptors (Lipinski definition) is 3. The third-order valence-electron chi connectivity index (χ3n) is 1.89. The van der Waals surface area contributed by atoms with Gasteiger partial charge in [-0.1, -0.05) is 12.1 Å². The summed E-state index contributed by atoms with van der Waals surface area (Å²) in [4.78, 5) is -0.794. The second kappa shape index (κ2) is 5.14. The molecule has 0 bridgehead atoms. The maximum atomic E-state index is 12.4. The molecule has 0 amide bonds. The van der Waals surface area contributed by atoms with E-state index < -0.39 is 20.2 Å². The molecule has 0 saturated heterocycles. The van der Waals surface area contributed by atoms with E-state index in [1.807, 2.05) is 0 Å². The standard InChI is InChI=1S/C9H9ClF3NO2S/c10-5-6-14-7-3-1-2-4-8(7)17(15,16)9(11,12)13/h1-4,14H,5-6H2. The van der Waals surface area contributed by atoms with Gasteiger partial charge in [0.05, 0.1) is 10.6 Å². The van der Waals surface area contributed by atoms with Crippen LogP contribution in [0.15, 0.2) is 29.2 Å². The average molecular weight is 288 g/mol. The first-order chi connectivity index (χ1) is 7.80. The zero-order chi connectivity index (χ0) is 13.1. The van der Waals surface area contributed by atoms with Crippen LogP contribution < -0.4 is 5.32 Å². The predicted molar refractivity (Wildman–Crippen MR) is 58.9 cm³/mol. The van der Waals surface area contributed by atoms with E-state index in [-0.39, 0.29) is 18.1 Å². The van der Waals surface area contributed by atoms with Crippen LogP contribution in [0.2, 0.25) is 0 Å². The molecule has 1 aromatic carbocycles. The highest BCUT2D eigenvalue weighted by molar-refractivity contribution is 7.92. The van der Waals surface area contributed by atoms with E-state index in [0.717, 1.165) is 6.07 Å². The molecule has 0 aliphatic heterocycles. The summed E-state index contributed by atoms with van der Waals surface area (Å²) >= 11 is 5.37. The highest BCUT2D eigenvalue weighted by atomic mass is 35.5. The Morgan fingerprint density at radius 2 is 1.82 bits per heavy atom. The average Bonchev–Trinajstić information content (AvgIpc) is 2.25. The minimum atomic E-state index is -5.34. The van der Waals surface area contributed by atoms with Gasteiger partial charge in [0.2, 0.25) is 0 Å². The number of benzene rings is 1. The van der Waals surface area contributed by atoms with Crippen LogP contribution in [0.3, 0.4) is 0 Å². The molecule has 0 fully saturated rings. The van der Waals surface area contributed by atoms with Crippen LogP contribution in [0.25, 0.3) is 0 Å². The molecule has 0 unspecified atom stereocenters. The summed E-state index contributed by atoms with van der Waals surface area (Å²) in [6, 6.07) is 4.82. The first-order valence-electron chi connectivity index (χ1n) is 4.51. The molecule has 1 aromatic rings. The lowest BCUT2D eigenvalue weighted by molar-refractivity contribution is -0.0435. The Labute approximate surface area is 102 Å². The number of rotatable bonds is 4. The molecule has 1 N–H and O–H groups in total. The van der Waals surface area contributed by atoms with Gasteiger partial charge in [-0.3, -0.25) is 0 Å². The molecule has 96 valence electrons. The van der Waals surface area contributed by atoms with Gasteiger partial charge in [0.1, 0.15) is 0 Å². The Morgan fingerprint density at radius 1 is 1.24 bits per heavy atom. The summed E-state index contributed by atoms with van der Waals surface area (Å²) in [5.74, 6) is 0.153. The fraction of sp³-hybridized carbons (Fsp3) is 0.333. The second-order valence-corrected chi connectivity index (χ2v) is 5.35. The number of sulfone groups is 1. The molecular formula is C9H9ClF3NO2S. The Morgan fingerprint density at radius 3 is 2.35 bits per heavy atom. The Bertz CT molecular complexity index is 487. The predicted octanol–water partition coefficient (Wildman–Crippen LogP) is 2.63. The van der Waals surface area contributed by atoms with Gasteiger partial charge in [0.25, 0.3) is 9.84 Å². The van der Waals surface area contributed by atoms with Gasteiger partial charge < -0.3 is 5.32 Å². The SMILES string of the molecule is O=S(=O)(c1ccccc1NCCCl)C(F)(F)F. The number of alkyl halides is 4. The van der Waals surface area contributed by atoms with E-state index in [1.54, 1.807) is 0 Å². The number of anilines is 1. The minimum Gasteiger partial charge on any atom is -0.383 e. The zero-order valence-electron chi connectivity index (χ0n) is 8.46. The highest BCUT2D eigenvalue weighted by Gasteiger charge is 2.47. The first-order valence-corrected chi connectivity index (χ1v) is 6.52. The molecule has 0 atom stereocenters. The summed E-state index contributed by atoms with van der Waals surface area (Å²) in [7, 11) is -5.34. The van der Waals surface area contributed by atoms with Crippen molar-refractivity contribution < 1.29 is 21.6 Å². The van der Waals surface area contributed by atoms with Crippen LogP contribution in [0, 0.1) is 0 Å². The molecule has 0 spiro atoms. The second-order valence-electron chi connectivity index (χ2n) is 3.06. The summed E-state index contributed by atoms with van der Waals surface area (Å²) in [5.41, 5.74) is -5.42. The molecule has 17 heavy (non-hydrogen) atoms. The minimum absolute atomic E-state index is 0.106. The van der Waals surface area contributed by atoms with Gasteiger partial charge in [-0.05, 0) is 12.1 Å². The lowest BCUT2D eigenvalue weighted by atomic mass is 10.3. The Balaban J connectivity index is 3.23. The number of nitrogens with one attached hydrogen (secondary N) is 1. The van der Waals surface area contributed by atoms with E-state index in [2.05, 4.69) is 5.32 Å². The largest absolute Gasteiger partial charge is 0.501 e. The quantitative estimate of drug-likeness (QED) is 0.866. The van der Waals surface area contributed by atoms with Crippen LogP contribution in [-0.2, 0) is 9.84 Å². The van der Waals surface area contributed by atoms with E-state index in [1.165, 1.54) is 18.2 Å². The van der Waals surface area contributed by atoms with E-state index in [9.17, 15) is 21.6 Å². The van der Waals surface area contributed by atoms with Gasteiger partial charge in [0.15, 0.2) is 0 Å². The first kappa shape index (κ1) is 14.1. The normalized spacial score (nSPS) is 12.5. The van der Waals surface area contributed by atoms with Crippen molar-refractivity contribution in [1.82, 2.24) is 0 Å². The fourth-order valence-corrected chi connectivity index (χ4v) is 2.18. The van der Waals surface area contributed by atoms with Crippen molar-refractivity contribution in [2.24, 2.45) is 0 Å². The molecule has 0 aliphatic rings. The third-order valence-corrected chi connectivity index (χ3v) is 3.62. The van der Waals surface area contributed by atoms with Crippen LogP contribution in [0.4, 0.5) is 18.9 Å². The van der Waals surface area contributed by atoms with Crippen molar-refractivity contribution >= 4 is 27.1 Å². The molecule has 0 radical (unpaired) electrons.